The Balaban J connectivity index is 2.64. The maximum atomic E-state index is 3.77. The van der Waals surface area contributed by atoms with Crippen LogP contribution >= 0.6 is 0 Å². The molecule has 0 saturated heterocycles. The van der Waals surface area contributed by atoms with E-state index in [2.05, 4.69) is 58.7 Å². The van der Waals surface area contributed by atoms with E-state index < -0.39 is 0 Å². The van der Waals surface area contributed by atoms with E-state index in [1.807, 2.05) is 0 Å². The fraction of sp³-hybridized carbons (Fsp3) is 1.00. The minimum atomic E-state index is 0.220. The fourth-order valence-corrected chi connectivity index (χ4v) is 2.92. The topological polar surface area (TPSA) is 15.3 Å². The van der Waals surface area contributed by atoms with Crippen LogP contribution in [0.2, 0.25) is 0 Å². The number of hydrogen-bond acceptors (Lipinski definition) is 2. The van der Waals surface area contributed by atoms with Crippen molar-refractivity contribution in [1.82, 2.24) is 10.2 Å². The summed E-state index contributed by atoms with van der Waals surface area (Å²) in [5.74, 6) is 0.816. The van der Waals surface area contributed by atoms with Crippen molar-refractivity contribution in [3.63, 3.8) is 0 Å². The highest BCUT2D eigenvalue weighted by Crippen LogP contribution is 2.34. The normalized spacial score (nSPS) is 17.0. The summed E-state index contributed by atoms with van der Waals surface area (Å²) >= 11 is 0. The molecule has 1 rings (SSSR count). The number of rotatable bonds is 10. The third-order valence-electron chi connectivity index (χ3n) is 5.09. The molecule has 0 atom stereocenters. The smallest absolute Gasteiger partial charge is 0.00967 e. The van der Waals surface area contributed by atoms with Crippen LogP contribution < -0.4 is 5.32 Å². The van der Waals surface area contributed by atoms with E-state index in [4.69, 9.17) is 0 Å². The third kappa shape index (κ3) is 7.15. The lowest BCUT2D eigenvalue weighted by Gasteiger charge is -2.40. The maximum Gasteiger partial charge on any atom is 0.00967 e. The van der Waals surface area contributed by atoms with Crippen LogP contribution in [0.1, 0.15) is 80.6 Å². The van der Waals surface area contributed by atoms with E-state index in [-0.39, 0.29) is 5.54 Å². The Morgan fingerprint density at radius 1 is 1.10 bits per heavy atom. The van der Waals surface area contributed by atoms with E-state index in [9.17, 15) is 0 Å². The second-order valence-electron chi connectivity index (χ2n) is 8.69. The number of hydrogen-bond donors (Lipinski definition) is 1. The van der Waals surface area contributed by atoms with Crippen molar-refractivity contribution in [1.29, 1.82) is 0 Å². The fourth-order valence-electron chi connectivity index (χ4n) is 2.92. The average molecular weight is 297 g/mol. The van der Waals surface area contributed by atoms with Crippen molar-refractivity contribution in [2.45, 2.75) is 92.2 Å². The van der Waals surface area contributed by atoms with E-state index in [0.29, 0.717) is 5.41 Å². The van der Waals surface area contributed by atoms with E-state index in [1.165, 1.54) is 45.2 Å². The van der Waals surface area contributed by atoms with Crippen LogP contribution in [0.3, 0.4) is 0 Å². The molecule has 1 aliphatic carbocycles. The monoisotopic (exact) mass is 296 g/mol. The Labute approximate surface area is 134 Å². The van der Waals surface area contributed by atoms with Gasteiger partial charge in [0, 0.05) is 24.7 Å². The van der Waals surface area contributed by atoms with Crippen molar-refractivity contribution >= 4 is 0 Å². The minimum absolute atomic E-state index is 0.220. The van der Waals surface area contributed by atoms with Crippen LogP contribution in [-0.2, 0) is 0 Å². The van der Waals surface area contributed by atoms with Crippen LogP contribution in [0.15, 0.2) is 0 Å². The first kappa shape index (κ1) is 19.0. The maximum absolute atomic E-state index is 3.77. The van der Waals surface area contributed by atoms with Gasteiger partial charge in [-0.05, 0) is 70.8 Å². The molecule has 2 heteroatoms. The first-order chi connectivity index (χ1) is 9.71. The highest BCUT2D eigenvalue weighted by atomic mass is 15.2. The largest absolute Gasteiger partial charge is 0.311 e. The van der Waals surface area contributed by atoms with Crippen molar-refractivity contribution in [3.05, 3.63) is 0 Å². The van der Waals surface area contributed by atoms with Crippen LogP contribution in [-0.4, -0.2) is 36.1 Å². The summed E-state index contributed by atoms with van der Waals surface area (Å²) in [7, 11) is 0. The molecule has 0 aromatic rings. The molecule has 1 fully saturated rings. The number of nitrogens with one attached hydrogen (secondary N) is 1. The summed E-state index contributed by atoms with van der Waals surface area (Å²) in [5.41, 5.74) is 0.658. The number of nitrogens with zero attached hydrogens (tertiary/aromatic N) is 1. The molecule has 0 spiro atoms. The third-order valence-corrected chi connectivity index (χ3v) is 5.09. The molecule has 1 saturated carbocycles. The minimum Gasteiger partial charge on any atom is -0.311 e. The van der Waals surface area contributed by atoms with Crippen LogP contribution in [0.4, 0.5) is 0 Å². The first-order valence-electron chi connectivity index (χ1n) is 9.20. The zero-order valence-electron chi connectivity index (χ0n) is 15.8. The van der Waals surface area contributed by atoms with Gasteiger partial charge in [0.1, 0.15) is 0 Å². The highest BCUT2D eigenvalue weighted by molar-refractivity contribution is 4.91. The molecule has 0 radical (unpaired) electrons. The van der Waals surface area contributed by atoms with Crippen LogP contribution in [0.25, 0.3) is 0 Å². The highest BCUT2D eigenvalue weighted by Gasteiger charge is 2.36. The van der Waals surface area contributed by atoms with Gasteiger partial charge < -0.3 is 5.32 Å². The van der Waals surface area contributed by atoms with Gasteiger partial charge in [0.2, 0.25) is 0 Å². The van der Waals surface area contributed by atoms with Crippen LogP contribution in [0.5, 0.6) is 0 Å². The van der Waals surface area contributed by atoms with Gasteiger partial charge in [0.25, 0.3) is 0 Å². The zero-order chi connectivity index (χ0) is 16.1. The predicted molar refractivity (Wildman–Crippen MR) is 94.8 cm³/mol. The van der Waals surface area contributed by atoms with Gasteiger partial charge in [-0.25, -0.2) is 0 Å². The predicted octanol–water partition coefficient (Wildman–Crippen LogP) is 4.69. The van der Waals surface area contributed by atoms with Gasteiger partial charge in [-0.2, -0.15) is 0 Å². The molecule has 1 aliphatic rings. The molecule has 0 amide bonds. The molecule has 2 nitrogen and oxygen atoms in total. The molecule has 1 N–H and O–H groups in total. The molecule has 21 heavy (non-hydrogen) atoms. The molecular weight excluding hydrogens is 256 g/mol. The molecule has 0 aliphatic heterocycles. The van der Waals surface area contributed by atoms with Crippen molar-refractivity contribution in [2.75, 3.05) is 19.6 Å². The molecular formula is C19H40N2. The average Bonchev–Trinajstić information content (AvgIpc) is 3.22. The summed E-state index contributed by atoms with van der Waals surface area (Å²) in [6, 6.07) is 0.885. The molecule has 0 unspecified atom stereocenters. The molecule has 0 aromatic heterocycles. The first-order valence-corrected chi connectivity index (χ1v) is 9.20. The van der Waals surface area contributed by atoms with Gasteiger partial charge in [-0.1, -0.05) is 27.7 Å². The summed E-state index contributed by atoms with van der Waals surface area (Å²) in [6.45, 7) is 20.0. The molecule has 0 aromatic carbocycles. The standard InChI is InChI=1S/C19H40N2/c1-8-19(9-2,14-20-18(5,6)7)15-21(17-10-11-17)13-12-16(3)4/h16-17,20H,8-15H2,1-7H3. The Kier molecular flexibility index (Phi) is 7.19. The Morgan fingerprint density at radius 2 is 1.67 bits per heavy atom. The SMILES string of the molecule is CCC(CC)(CNC(C)(C)C)CN(CCC(C)C)C1CC1. The second kappa shape index (κ2) is 7.97. The molecule has 126 valence electrons. The van der Waals surface area contributed by atoms with Gasteiger partial charge in [-0.3, -0.25) is 4.90 Å². The van der Waals surface area contributed by atoms with Gasteiger partial charge in [0.15, 0.2) is 0 Å². The summed E-state index contributed by atoms with van der Waals surface area (Å²) in [4.78, 5) is 2.80. The Morgan fingerprint density at radius 3 is 2.05 bits per heavy atom. The van der Waals surface area contributed by atoms with Gasteiger partial charge in [0.05, 0.1) is 0 Å². The Bertz CT molecular complexity index is 282. The van der Waals surface area contributed by atoms with E-state index in [1.54, 1.807) is 0 Å². The van der Waals surface area contributed by atoms with Crippen LogP contribution in [0, 0.1) is 11.3 Å². The molecule has 0 bridgehead atoms. The van der Waals surface area contributed by atoms with Crippen molar-refractivity contribution in [3.8, 4) is 0 Å². The lowest BCUT2D eigenvalue weighted by molar-refractivity contribution is 0.116. The quantitative estimate of drug-likeness (QED) is 0.629. The van der Waals surface area contributed by atoms with E-state index in [0.717, 1.165) is 18.5 Å². The Hall–Kier alpha value is -0.0800. The van der Waals surface area contributed by atoms with Gasteiger partial charge in [-0.15, -0.1) is 0 Å². The van der Waals surface area contributed by atoms with E-state index >= 15 is 0 Å². The van der Waals surface area contributed by atoms with Crippen molar-refractivity contribution < 1.29 is 0 Å². The van der Waals surface area contributed by atoms with Crippen molar-refractivity contribution in [2.24, 2.45) is 11.3 Å². The second-order valence-corrected chi connectivity index (χ2v) is 8.69. The summed E-state index contributed by atoms with van der Waals surface area (Å²) < 4.78 is 0. The lowest BCUT2D eigenvalue weighted by Crippen LogP contribution is -2.49. The van der Waals surface area contributed by atoms with Gasteiger partial charge >= 0.3 is 0 Å². The molecule has 0 heterocycles. The summed E-state index contributed by atoms with van der Waals surface area (Å²) in [5, 5.41) is 3.77. The zero-order valence-corrected chi connectivity index (χ0v) is 15.8. The lowest BCUT2D eigenvalue weighted by atomic mass is 9.80. The summed E-state index contributed by atoms with van der Waals surface area (Å²) in [6.07, 6.45) is 6.74.